The molecule has 2 aromatic rings. The number of rotatable bonds is 4. The molecule has 0 bridgehead atoms. The number of ether oxygens (including phenoxy) is 1. The Morgan fingerprint density at radius 2 is 1.84 bits per heavy atom. The van der Waals surface area contributed by atoms with Crippen LogP contribution in [0.1, 0.15) is 41.3 Å². The van der Waals surface area contributed by atoms with E-state index in [0.717, 1.165) is 48.5 Å². The van der Waals surface area contributed by atoms with Crippen LogP contribution in [-0.2, 0) is 0 Å². The van der Waals surface area contributed by atoms with Gasteiger partial charge in [0.05, 0.1) is 11.6 Å². The average Bonchev–Trinajstić information content (AvgIpc) is 2.63. The number of nitriles is 1. The topological polar surface area (TPSA) is 53.3 Å². The predicted octanol–water partition coefficient (Wildman–Crippen LogP) is 4.12. The van der Waals surface area contributed by atoms with Gasteiger partial charge in [0.25, 0.3) is 0 Å². The highest BCUT2D eigenvalue weighted by molar-refractivity contribution is 5.94. The first-order valence-corrected chi connectivity index (χ1v) is 8.60. The number of hydrogen-bond acceptors (Lipinski definition) is 4. The molecule has 0 saturated carbocycles. The third kappa shape index (κ3) is 4.00. The molecular weight excluding hydrogens is 312 g/mol. The van der Waals surface area contributed by atoms with Crippen molar-refractivity contribution < 1.29 is 9.53 Å². The summed E-state index contributed by atoms with van der Waals surface area (Å²) in [6, 6.07) is 15.6. The number of aryl methyl sites for hydroxylation is 1. The zero-order chi connectivity index (χ0) is 17.8. The molecule has 128 valence electrons. The molecule has 0 spiro atoms. The Hall–Kier alpha value is -2.80. The first-order chi connectivity index (χ1) is 12.1. The van der Waals surface area contributed by atoms with Gasteiger partial charge in [0, 0.05) is 37.2 Å². The molecule has 4 heteroatoms. The summed E-state index contributed by atoms with van der Waals surface area (Å²) in [7, 11) is 0. The first-order valence-electron chi connectivity index (χ1n) is 8.60. The van der Waals surface area contributed by atoms with Gasteiger partial charge < -0.3 is 9.64 Å². The molecule has 1 heterocycles. The lowest BCUT2D eigenvalue weighted by molar-refractivity contribution is 0.101. The third-order valence-electron chi connectivity index (χ3n) is 4.70. The van der Waals surface area contributed by atoms with Gasteiger partial charge in [0.15, 0.2) is 5.78 Å². The third-order valence-corrected chi connectivity index (χ3v) is 4.70. The van der Waals surface area contributed by atoms with Gasteiger partial charge in [0.2, 0.25) is 0 Å². The minimum absolute atomic E-state index is 0.0939. The number of anilines is 1. The molecule has 25 heavy (non-hydrogen) atoms. The van der Waals surface area contributed by atoms with Crippen molar-refractivity contribution in [2.24, 2.45) is 0 Å². The van der Waals surface area contributed by atoms with Crippen LogP contribution in [0.25, 0.3) is 0 Å². The molecule has 0 aliphatic carbocycles. The summed E-state index contributed by atoms with van der Waals surface area (Å²) in [4.78, 5) is 13.7. The second kappa shape index (κ2) is 7.40. The molecule has 2 aromatic carbocycles. The second-order valence-corrected chi connectivity index (χ2v) is 6.50. The number of piperidine rings is 1. The first kappa shape index (κ1) is 17.0. The Morgan fingerprint density at radius 1 is 1.16 bits per heavy atom. The molecule has 4 nitrogen and oxygen atoms in total. The van der Waals surface area contributed by atoms with Crippen LogP contribution in [0.4, 0.5) is 5.69 Å². The highest BCUT2D eigenvalue weighted by Crippen LogP contribution is 2.25. The molecule has 0 atom stereocenters. The van der Waals surface area contributed by atoms with E-state index in [2.05, 4.69) is 11.0 Å². The normalized spacial score (nSPS) is 14.8. The molecule has 1 saturated heterocycles. The SMILES string of the molecule is CC(=O)c1ccc(N2CCC(Oc3ccc(C#N)c(C)c3)CC2)cc1. The van der Waals surface area contributed by atoms with E-state index in [1.807, 2.05) is 49.4 Å². The van der Waals surface area contributed by atoms with Crippen LogP contribution in [0.5, 0.6) is 5.75 Å². The van der Waals surface area contributed by atoms with Crippen molar-refractivity contribution in [1.29, 1.82) is 5.26 Å². The number of nitrogens with zero attached hydrogens (tertiary/aromatic N) is 2. The highest BCUT2D eigenvalue weighted by Gasteiger charge is 2.21. The van der Waals surface area contributed by atoms with Crippen molar-refractivity contribution in [3.63, 3.8) is 0 Å². The number of hydrogen-bond donors (Lipinski definition) is 0. The zero-order valence-corrected chi connectivity index (χ0v) is 14.7. The Balaban J connectivity index is 1.57. The van der Waals surface area contributed by atoms with E-state index < -0.39 is 0 Å². The van der Waals surface area contributed by atoms with Gasteiger partial charge in [-0.25, -0.2) is 0 Å². The maximum Gasteiger partial charge on any atom is 0.159 e. The van der Waals surface area contributed by atoms with Crippen molar-refractivity contribution in [3.05, 3.63) is 59.2 Å². The molecule has 1 aliphatic heterocycles. The Kier molecular flexibility index (Phi) is 5.04. The largest absolute Gasteiger partial charge is 0.490 e. The fourth-order valence-electron chi connectivity index (χ4n) is 3.17. The average molecular weight is 334 g/mol. The summed E-state index contributed by atoms with van der Waals surface area (Å²) in [5.41, 5.74) is 3.54. The summed E-state index contributed by atoms with van der Waals surface area (Å²) >= 11 is 0. The fraction of sp³-hybridized carbons (Fsp3) is 0.333. The second-order valence-electron chi connectivity index (χ2n) is 6.50. The predicted molar refractivity (Wildman–Crippen MR) is 98.2 cm³/mol. The van der Waals surface area contributed by atoms with Crippen molar-refractivity contribution in [2.75, 3.05) is 18.0 Å². The van der Waals surface area contributed by atoms with Crippen molar-refractivity contribution in [3.8, 4) is 11.8 Å². The fourth-order valence-corrected chi connectivity index (χ4v) is 3.17. The van der Waals surface area contributed by atoms with Gasteiger partial charge in [0.1, 0.15) is 11.9 Å². The van der Waals surface area contributed by atoms with Gasteiger partial charge in [-0.15, -0.1) is 0 Å². The molecule has 0 aromatic heterocycles. The number of carbonyl (C=O) groups excluding carboxylic acids is 1. The molecule has 0 unspecified atom stereocenters. The van der Waals surface area contributed by atoms with E-state index in [1.165, 1.54) is 0 Å². The van der Waals surface area contributed by atoms with Gasteiger partial charge in [-0.2, -0.15) is 5.26 Å². The van der Waals surface area contributed by atoms with Crippen LogP contribution in [0.15, 0.2) is 42.5 Å². The highest BCUT2D eigenvalue weighted by atomic mass is 16.5. The van der Waals surface area contributed by atoms with E-state index >= 15 is 0 Å². The number of ketones is 1. The van der Waals surface area contributed by atoms with Gasteiger partial charge in [-0.05, 0) is 61.9 Å². The number of benzene rings is 2. The van der Waals surface area contributed by atoms with Crippen LogP contribution >= 0.6 is 0 Å². The molecule has 0 N–H and O–H groups in total. The Labute approximate surface area is 148 Å². The minimum Gasteiger partial charge on any atom is -0.490 e. The molecule has 1 fully saturated rings. The summed E-state index contributed by atoms with van der Waals surface area (Å²) in [6.45, 7) is 5.38. The van der Waals surface area contributed by atoms with Crippen LogP contribution in [-0.4, -0.2) is 25.0 Å². The molecule has 0 radical (unpaired) electrons. The molecular formula is C21H22N2O2. The lowest BCUT2D eigenvalue weighted by Crippen LogP contribution is -2.38. The Bertz CT molecular complexity index is 798. The van der Waals surface area contributed by atoms with E-state index in [1.54, 1.807) is 6.92 Å². The number of carbonyl (C=O) groups is 1. The number of Topliss-reactive ketones (excluding diaryl/α,β-unsaturated/α-hetero) is 1. The van der Waals surface area contributed by atoms with Gasteiger partial charge in [-0.3, -0.25) is 4.79 Å². The standard InChI is InChI=1S/C21H22N2O2/c1-15-13-21(8-5-18(15)14-22)25-20-9-11-23(12-10-20)19-6-3-17(4-7-19)16(2)24/h3-8,13,20H,9-12H2,1-2H3. The smallest absolute Gasteiger partial charge is 0.159 e. The minimum atomic E-state index is 0.0939. The summed E-state index contributed by atoms with van der Waals surface area (Å²) in [6.07, 6.45) is 2.10. The quantitative estimate of drug-likeness (QED) is 0.789. The van der Waals surface area contributed by atoms with Crippen LogP contribution in [0.2, 0.25) is 0 Å². The van der Waals surface area contributed by atoms with Gasteiger partial charge in [-0.1, -0.05) is 0 Å². The lowest BCUT2D eigenvalue weighted by atomic mass is 10.1. The van der Waals surface area contributed by atoms with E-state index in [-0.39, 0.29) is 11.9 Å². The monoisotopic (exact) mass is 334 g/mol. The lowest BCUT2D eigenvalue weighted by Gasteiger charge is -2.33. The molecule has 3 rings (SSSR count). The van der Waals surface area contributed by atoms with Gasteiger partial charge >= 0.3 is 0 Å². The molecule has 0 amide bonds. The molecule has 1 aliphatic rings. The van der Waals surface area contributed by atoms with Crippen LogP contribution in [0, 0.1) is 18.3 Å². The van der Waals surface area contributed by atoms with Crippen LogP contribution in [0.3, 0.4) is 0 Å². The summed E-state index contributed by atoms with van der Waals surface area (Å²) in [5.74, 6) is 0.928. The van der Waals surface area contributed by atoms with E-state index in [0.29, 0.717) is 5.56 Å². The maximum absolute atomic E-state index is 11.4. The van der Waals surface area contributed by atoms with Crippen LogP contribution < -0.4 is 9.64 Å². The zero-order valence-electron chi connectivity index (χ0n) is 14.7. The van der Waals surface area contributed by atoms with Crippen molar-refractivity contribution in [2.45, 2.75) is 32.8 Å². The van der Waals surface area contributed by atoms with Crippen molar-refractivity contribution >= 4 is 11.5 Å². The summed E-state index contributed by atoms with van der Waals surface area (Å²) < 4.78 is 6.09. The van der Waals surface area contributed by atoms with Crippen molar-refractivity contribution in [1.82, 2.24) is 0 Å². The Morgan fingerprint density at radius 3 is 2.40 bits per heavy atom. The summed E-state index contributed by atoms with van der Waals surface area (Å²) in [5, 5.41) is 9.00. The maximum atomic E-state index is 11.4. The van der Waals surface area contributed by atoms with E-state index in [9.17, 15) is 4.79 Å². The van der Waals surface area contributed by atoms with E-state index in [4.69, 9.17) is 10.00 Å².